The van der Waals surface area contributed by atoms with Crippen molar-refractivity contribution >= 4 is 21.8 Å². The molecule has 3 rings (SSSR count). The van der Waals surface area contributed by atoms with Gasteiger partial charge in [-0.2, -0.15) is 4.52 Å². The quantitative estimate of drug-likeness (QED) is 0.777. The molecule has 0 bridgehead atoms. The summed E-state index contributed by atoms with van der Waals surface area (Å²) in [7, 11) is 0. The van der Waals surface area contributed by atoms with Crippen molar-refractivity contribution in [2.45, 2.75) is 32.1 Å². The van der Waals surface area contributed by atoms with E-state index in [0.717, 1.165) is 25.7 Å². The molecule has 2 aliphatic rings. The molecule has 2 heterocycles. The number of halogens is 1. The molecule has 0 aromatic carbocycles. The van der Waals surface area contributed by atoms with E-state index in [1.807, 2.05) is 5.01 Å². The highest BCUT2D eigenvalue weighted by Crippen LogP contribution is 2.24. The first-order chi connectivity index (χ1) is 10.2. The Bertz CT molecular complexity index is 522. The number of carbonyl (C=O) groups excluding carboxylic acids is 1. The van der Waals surface area contributed by atoms with E-state index in [9.17, 15) is 9.90 Å². The third-order valence-electron chi connectivity index (χ3n) is 4.10. The Labute approximate surface area is 131 Å². The molecule has 1 aromatic rings. The third kappa shape index (κ3) is 2.91. The van der Waals surface area contributed by atoms with Crippen LogP contribution in [0.25, 0.3) is 0 Å². The third-order valence-corrected chi connectivity index (χ3v) is 4.75. The van der Waals surface area contributed by atoms with Crippen molar-refractivity contribution < 1.29 is 28.8 Å². The van der Waals surface area contributed by atoms with E-state index in [1.54, 1.807) is 4.79 Å². The number of aromatic hydroxyl groups is 1. The Kier molecular flexibility index (Phi) is 4.44. The van der Waals surface area contributed by atoms with Crippen LogP contribution in [0, 0.1) is 5.92 Å². The van der Waals surface area contributed by atoms with Gasteiger partial charge in [0.15, 0.2) is 13.1 Å². The van der Waals surface area contributed by atoms with Crippen molar-refractivity contribution in [3.8, 4) is 5.95 Å². The van der Waals surface area contributed by atoms with Crippen LogP contribution in [-0.4, -0.2) is 37.3 Å². The van der Waals surface area contributed by atoms with Gasteiger partial charge in [-0.05, 0) is 17.9 Å². The van der Waals surface area contributed by atoms with E-state index in [4.69, 9.17) is 9.26 Å². The van der Waals surface area contributed by atoms with Crippen LogP contribution in [0.3, 0.4) is 0 Å². The fourth-order valence-electron chi connectivity index (χ4n) is 2.95. The summed E-state index contributed by atoms with van der Waals surface area (Å²) in [5.74, 6) is -0.415. The molecular formula is C13H20BrN3O4+2. The standard InChI is InChI=1S/C13H19BrN3O4/c14-11-13(19)21-17(12(18)10-4-2-1-3-5-10)16(11)15-6-8-20-9-7-15/h10H,1-9H2/q+1/p+1. The van der Waals surface area contributed by atoms with Crippen LogP contribution in [0.15, 0.2) is 9.13 Å². The van der Waals surface area contributed by atoms with Gasteiger partial charge < -0.3 is 9.84 Å². The highest BCUT2D eigenvalue weighted by Gasteiger charge is 2.46. The van der Waals surface area contributed by atoms with Crippen molar-refractivity contribution in [2.24, 2.45) is 5.92 Å². The molecule has 8 heteroatoms. The molecule has 21 heavy (non-hydrogen) atoms. The van der Waals surface area contributed by atoms with Crippen molar-refractivity contribution in [1.29, 1.82) is 0 Å². The molecule has 0 spiro atoms. The Morgan fingerprint density at radius 2 is 1.90 bits per heavy atom. The lowest BCUT2D eigenvalue weighted by Crippen LogP contribution is -2.80. The fourth-order valence-corrected chi connectivity index (χ4v) is 3.39. The van der Waals surface area contributed by atoms with Gasteiger partial charge in [-0.15, -0.1) is 0 Å². The smallest absolute Gasteiger partial charge is 0.435 e. The van der Waals surface area contributed by atoms with Gasteiger partial charge in [0.2, 0.25) is 9.65 Å². The molecule has 1 saturated carbocycles. The van der Waals surface area contributed by atoms with Gasteiger partial charge >= 0.3 is 16.5 Å². The number of nitrogens with zero attached hydrogens (tertiary/aromatic N) is 3. The second-order valence-electron chi connectivity index (χ2n) is 5.49. The molecule has 116 valence electrons. The second-order valence-corrected chi connectivity index (χ2v) is 6.24. The lowest BCUT2D eigenvalue weighted by molar-refractivity contribution is -1.27. The first-order valence-electron chi connectivity index (χ1n) is 7.42. The maximum Gasteiger partial charge on any atom is 0.435 e. The van der Waals surface area contributed by atoms with Crippen LogP contribution < -0.4 is 14.7 Å². The zero-order valence-corrected chi connectivity index (χ0v) is 13.4. The van der Waals surface area contributed by atoms with Crippen LogP contribution in [0.5, 0.6) is 5.95 Å². The molecule has 1 N–H and O–H groups in total. The maximum atomic E-state index is 12.7. The largest absolute Gasteiger partial charge is 0.472 e. The van der Waals surface area contributed by atoms with Crippen LogP contribution in [0.4, 0.5) is 0 Å². The van der Waals surface area contributed by atoms with Gasteiger partial charge in [0.25, 0.3) is 0 Å². The van der Waals surface area contributed by atoms with Crippen LogP contribution in [-0.2, 0) is 4.74 Å². The number of morpholine rings is 1. The monoisotopic (exact) mass is 361 g/mol. The van der Waals surface area contributed by atoms with Crippen LogP contribution in [0.1, 0.15) is 36.9 Å². The summed E-state index contributed by atoms with van der Waals surface area (Å²) in [4.78, 5) is 15.4. The molecule has 0 radical (unpaired) electrons. The normalized spacial score (nSPS) is 20.7. The van der Waals surface area contributed by atoms with E-state index in [-0.39, 0.29) is 17.8 Å². The number of hydrogen-bond acceptors (Lipinski definition) is 5. The van der Waals surface area contributed by atoms with Gasteiger partial charge in [0, 0.05) is 15.9 Å². The first-order valence-corrected chi connectivity index (χ1v) is 8.21. The van der Waals surface area contributed by atoms with E-state index in [0.29, 0.717) is 30.9 Å². The van der Waals surface area contributed by atoms with Crippen molar-refractivity contribution in [3.05, 3.63) is 4.60 Å². The summed E-state index contributed by atoms with van der Waals surface area (Å²) in [6.07, 6.45) is 5.10. The molecule has 1 saturated heterocycles. The molecule has 7 nitrogen and oxygen atoms in total. The topological polar surface area (TPSA) is 70.7 Å². The molecular weight excluding hydrogens is 342 g/mol. The molecule has 0 unspecified atom stereocenters. The predicted octanol–water partition coefficient (Wildman–Crippen LogP) is 0.511. The second kappa shape index (κ2) is 6.31. The average Bonchev–Trinajstić information content (AvgIpc) is 2.84. The Morgan fingerprint density at radius 3 is 2.57 bits per heavy atom. The molecule has 1 aliphatic carbocycles. The summed E-state index contributed by atoms with van der Waals surface area (Å²) < 4.78 is 11.0. The number of rotatable bonds is 2. The SMILES string of the molecule is O=C(C1CCCCC1)[n+]1oc(O)c(Br)[n+]1N1CCOCC1. The summed E-state index contributed by atoms with van der Waals surface area (Å²) in [5, 5.41) is 11.8. The molecule has 0 atom stereocenters. The number of carbonyl (C=O) groups is 1. The Hall–Kier alpha value is -1.15. The van der Waals surface area contributed by atoms with Crippen LogP contribution >= 0.6 is 15.9 Å². The van der Waals surface area contributed by atoms with E-state index in [1.165, 1.54) is 11.3 Å². The fraction of sp³-hybridized carbons (Fsp3) is 0.769. The summed E-state index contributed by atoms with van der Waals surface area (Å²) >= 11 is 3.29. The minimum atomic E-state index is -0.286. The maximum absolute atomic E-state index is 12.7. The number of hydrogen-bond donors (Lipinski definition) is 1. The zero-order chi connectivity index (χ0) is 14.8. The van der Waals surface area contributed by atoms with Gasteiger partial charge in [-0.25, -0.2) is 4.79 Å². The minimum absolute atomic E-state index is 0.0338. The minimum Gasteiger partial charge on any atom is -0.472 e. The summed E-state index contributed by atoms with van der Waals surface area (Å²) in [5.41, 5.74) is 0. The predicted molar refractivity (Wildman–Crippen MR) is 74.4 cm³/mol. The van der Waals surface area contributed by atoms with E-state index >= 15 is 0 Å². The first kappa shape index (κ1) is 14.8. The molecule has 2 fully saturated rings. The van der Waals surface area contributed by atoms with Gasteiger partial charge in [-0.1, -0.05) is 19.3 Å². The highest BCUT2D eigenvalue weighted by atomic mass is 79.9. The molecule has 1 aliphatic heterocycles. The van der Waals surface area contributed by atoms with Crippen LogP contribution in [0.2, 0.25) is 0 Å². The van der Waals surface area contributed by atoms with Gasteiger partial charge in [0.1, 0.15) is 0 Å². The molecule has 1 aromatic heterocycles. The zero-order valence-electron chi connectivity index (χ0n) is 11.8. The summed E-state index contributed by atoms with van der Waals surface area (Å²) in [6, 6.07) is 0. The van der Waals surface area contributed by atoms with Crippen molar-refractivity contribution in [3.63, 3.8) is 0 Å². The highest BCUT2D eigenvalue weighted by molar-refractivity contribution is 9.10. The summed E-state index contributed by atoms with van der Waals surface area (Å²) in [6.45, 7) is 2.45. The van der Waals surface area contributed by atoms with Gasteiger partial charge in [-0.3, -0.25) is 0 Å². The number of ether oxygens (including phenoxy) is 1. The van der Waals surface area contributed by atoms with E-state index < -0.39 is 0 Å². The lowest BCUT2D eigenvalue weighted by atomic mass is 9.89. The molecule has 0 amide bonds. The lowest BCUT2D eigenvalue weighted by Gasteiger charge is -2.17. The Balaban J connectivity index is 1.90. The van der Waals surface area contributed by atoms with Crippen molar-refractivity contribution in [1.82, 2.24) is 0 Å². The van der Waals surface area contributed by atoms with Crippen molar-refractivity contribution in [2.75, 3.05) is 31.3 Å². The number of aromatic nitrogens is 2. The van der Waals surface area contributed by atoms with Gasteiger partial charge in [0.05, 0.1) is 19.1 Å². The average molecular weight is 362 g/mol. The Morgan fingerprint density at radius 1 is 1.24 bits per heavy atom. The van der Waals surface area contributed by atoms with E-state index in [2.05, 4.69) is 15.9 Å².